The van der Waals surface area contributed by atoms with Gasteiger partial charge >= 0.3 is 0 Å². The van der Waals surface area contributed by atoms with E-state index in [2.05, 4.69) is 49.3 Å². The summed E-state index contributed by atoms with van der Waals surface area (Å²) in [5.41, 5.74) is 1.21. The summed E-state index contributed by atoms with van der Waals surface area (Å²) in [7, 11) is 1.93. The van der Waals surface area contributed by atoms with Crippen molar-refractivity contribution in [1.82, 2.24) is 5.32 Å². The molecule has 0 aromatic heterocycles. The Morgan fingerprint density at radius 2 is 2.12 bits per heavy atom. The molecular formula is C12H15Br2NO2. The molecule has 0 spiro atoms. The van der Waals surface area contributed by atoms with Crippen LogP contribution in [0.2, 0.25) is 0 Å². The number of rotatable bonds is 4. The zero-order chi connectivity index (χ0) is 12.3. The average Bonchev–Trinajstić information content (AvgIpc) is 2.76. The molecule has 3 nitrogen and oxygen atoms in total. The first-order chi connectivity index (χ1) is 8.20. The maximum absolute atomic E-state index is 5.93. The summed E-state index contributed by atoms with van der Waals surface area (Å²) in [5.74, 6) is 0.861. The van der Waals surface area contributed by atoms with Gasteiger partial charge in [0.2, 0.25) is 0 Å². The summed E-state index contributed by atoms with van der Waals surface area (Å²) >= 11 is 7.10. The van der Waals surface area contributed by atoms with E-state index in [1.54, 1.807) is 0 Å². The SMILES string of the molecule is CNCc1cc(Br)c(OC2CCOC2)c(Br)c1. The lowest BCUT2D eigenvalue weighted by Gasteiger charge is -2.16. The maximum Gasteiger partial charge on any atom is 0.148 e. The molecule has 5 heteroatoms. The lowest BCUT2D eigenvalue weighted by molar-refractivity contribution is 0.140. The number of nitrogens with one attached hydrogen (secondary N) is 1. The van der Waals surface area contributed by atoms with E-state index in [0.29, 0.717) is 6.61 Å². The van der Waals surface area contributed by atoms with Crippen LogP contribution in [0.15, 0.2) is 21.1 Å². The van der Waals surface area contributed by atoms with Crippen LogP contribution in [-0.2, 0) is 11.3 Å². The standard InChI is InChI=1S/C12H15Br2NO2/c1-15-6-8-4-10(13)12(11(14)5-8)17-9-2-3-16-7-9/h4-5,9,15H,2-3,6-7H2,1H3. The van der Waals surface area contributed by atoms with Crippen LogP contribution >= 0.6 is 31.9 Å². The highest BCUT2D eigenvalue weighted by Crippen LogP contribution is 2.36. The molecule has 94 valence electrons. The first-order valence-corrected chi connectivity index (χ1v) is 7.16. The maximum atomic E-state index is 5.93. The first-order valence-electron chi connectivity index (χ1n) is 5.57. The summed E-state index contributed by atoms with van der Waals surface area (Å²) in [5, 5.41) is 3.13. The topological polar surface area (TPSA) is 30.5 Å². The van der Waals surface area contributed by atoms with Crippen LogP contribution in [-0.4, -0.2) is 26.4 Å². The molecule has 0 bridgehead atoms. The minimum absolute atomic E-state index is 0.165. The van der Waals surface area contributed by atoms with Crippen LogP contribution in [0.5, 0.6) is 5.75 Å². The normalized spacial score (nSPS) is 19.6. The zero-order valence-corrected chi connectivity index (χ0v) is 12.8. The molecule has 17 heavy (non-hydrogen) atoms. The third-order valence-electron chi connectivity index (χ3n) is 2.61. The van der Waals surface area contributed by atoms with Crippen molar-refractivity contribution in [1.29, 1.82) is 0 Å². The van der Waals surface area contributed by atoms with E-state index in [0.717, 1.165) is 34.3 Å². The fraction of sp³-hybridized carbons (Fsp3) is 0.500. The Balaban J connectivity index is 2.15. The second-order valence-corrected chi connectivity index (χ2v) is 5.73. The van der Waals surface area contributed by atoms with Crippen molar-refractivity contribution in [3.05, 3.63) is 26.6 Å². The van der Waals surface area contributed by atoms with Crippen LogP contribution in [0.25, 0.3) is 0 Å². The summed E-state index contributed by atoms with van der Waals surface area (Å²) in [6.07, 6.45) is 1.12. The molecule has 1 aromatic rings. The van der Waals surface area contributed by atoms with Gasteiger partial charge in [0.1, 0.15) is 11.9 Å². The van der Waals surface area contributed by atoms with Gasteiger partial charge in [0.05, 0.1) is 22.2 Å². The monoisotopic (exact) mass is 363 g/mol. The Morgan fingerprint density at radius 3 is 2.65 bits per heavy atom. The van der Waals surface area contributed by atoms with E-state index >= 15 is 0 Å². The van der Waals surface area contributed by atoms with Crippen molar-refractivity contribution in [3.8, 4) is 5.75 Å². The van der Waals surface area contributed by atoms with E-state index in [1.165, 1.54) is 5.56 Å². The fourth-order valence-corrected chi connectivity index (χ4v) is 3.27. The zero-order valence-electron chi connectivity index (χ0n) is 9.63. The van der Waals surface area contributed by atoms with Crippen molar-refractivity contribution in [2.24, 2.45) is 0 Å². The van der Waals surface area contributed by atoms with Gasteiger partial charge in [-0.15, -0.1) is 0 Å². The van der Waals surface area contributed by atoms with Crippen LogP contribution in [0.1, 0.15) is 12.0 Å². The van der Waals surface area contributed by atoms with Crippen LogP contribution in [0.3, 0.4) is 0 Å². The van der Waals surface area contributed by atoms with Crippen molar-refractivity contribution < 1.29 is 9.47 Å². The van der Waals surface area contributed by atoms with Gasteiger partial charge < -0.3 is 14.8 Å². The molecule has 1 heterocycles. The number of benzene rings is 1. The molecule has 2 rings (SSSR count). The highest BCUT2D eigenvalue weighted by Gasteiger charge is 2.20. The Hall–Kier alpha value is -0.100. The van der Waals surface area contributed by atoms with Crippen molar-refractivity contribution in [2.75, 3.05) is 20.3 Å². The molecule has 1 unspecified atom stereocenters. The third kappa shape index (κ3) is 3.44. The Bertz CT molecular complexity index is 369. The summed E-state index contributed by atoms with van der Waals surface area (Å²) in [6, 6.07) is 4.15. The van der Waals surface area contributed by atoms with Crippen molar-refractivity contribution in [3.63, 3.8) is 0 Å². The van der Waals surface area contributed by atoms with Gasteiger partial charge in [-0.3, -0.25) is 0 Å². The molecule has 0 radical (unpaired) electrons. The molecule has 1 saturated heterocycles. The van der Waals surface area contributed by atoms with Crippen LogP contribution in [0, 0.1) is 0 Å². The van der Waals surface area contributed by atoms with Gasteiger partial charge in [-0.2, -0.15) is 0 Å². The van der Waals surface area contributed by atoms with Gasteiger partial charge in [0, 0.05) is 13.0 Å². The van der Waals surface area contributed by atoms with E-state index in [9.17, 15) is 0 Å². The van der Waals surface area contributed by atoms with E-state index in [1.807, 2.05) is 7.05 Å². The Kier molecular flexibility index (Phi) is 4.85. The van der Waals surface area contributed by atoms with Gasteiger partial charge in [0.25, 0.3) is 0 Å². The van der Waals surface area contributed by atoms with Gasteiger partial charge in [0.15, 0.2) is 0 Å². The number of hydrogen-bond donors (Lipinski definition) is 1. The molecule has 0 amide bonds. The third-order valence-corrected chi connectivity index (χ3v) is 3.79. The molecule has 0 aliphatic carbocycles. The van der Waals surface area contributed by atoms with Gasteiger partial charge in [-0.25, -0.2) is 0 Å². The predicted octanol–water partition coefficient (Wildman–Crippen LogP) is 3.10. The minimum Gasteiger partial charge on any atom is -0.486 e. The quantitative estimate of drug-likeness (QED) is 0.890. The molecule has 1 N–H and O–H groups in total. The van der Waals surface area contributed by atoms with E-state index in [4.69, 9.17) is 9.47 Å². The van der Waals surface area contributed by atoms with Crippen molar-refractivity contribution >= 4 is 31.9 Å². The molecular weight excluding hydrogens is 350 g/mol. The largest absolute Gasteiger partial charge is 0.486 e. The van der Waals surface area contributed by atoms with Crippen LogP contribution in [0.4, 0.5) is 0 Å². The molecule has 1 aliphatic rings. The predicted molar refractivity (Wildman–Crippen MR) is 74.5 cm³/mol. The van der Waals surface area contributed by atoms with Gasteiger partial charge in [-0.05, 0) is 56.6 Å². The highest BCUT2D eigenvalue weighted by atomic mass is 79.9. The minimum atomic E-state index is 0.165. The molecule has 0 saturated carbocycles. The summed E-state index contributed by atoms with van der Waals surface area (Å²) in [6.45, 7) is 2.30. The molecule has 1 atom stereocenters. The number of halogens is 2. The highest BCUT2D eigenvalue weighted by molar-refractivity contribution is 9.11. The van der Waals surface area contributed by atoms with Crippen LogP contribution < -0.4 is 10.1 Å². The summed E-state index contributed by atoms with van der Waals surface area (Å²) in [4.78, 5) is 0. The fourth-order valence-electron chi connectivity index (χ4n) is 1.80. The molecule has 1 aliphatic heterocycles. The molecule has 1 fully saturated rings. The second-order valence-electron chi connectivity index (χ2n) is 4.02. The smallest absolute Gasteiger partial charge is 0.148 e. The second kappa shape index (κ2) is 6.18. The average molecular weight is 365 g/mol. The Morgan fingerprint density at radius 1 is 1.41 bits per heavy atom. The lowest BCUT2D eigenvalue weighted by atomic mass is 10.2. The lowest BCUT2D eigenvalue weighted by Crippen LogP contribution is -2.16. The Labute approximate surface area is 118 Å². The van der Waals surface area contributed by atoms with Crippen molar-refractivity contribution in [2.45, 2.75) is 19.1 Å². The number of hydrogen-bond acceptors (Lipinski definition) is 3. The molecule has 1 aromatic carbocycles. The van der Waals surface area contributed by atoms with E-state index in [-0.39, 0.29) is 6.10 Å². The first kappa shape index (κ1) is 13.3. The summed E-state index contributed by atoms with van der Waals surface area (Å²) < 4.78 is 13.2. The van der Waals surface area contributed by atoms with Gasteiger partial charge in [-0.1, -0.05) is 0 Å². The van der Waals surface area contributed by atoms with E-state index < -0.39 is 0 Å². The number of ether oxygens (including phenoxy) is 2.